The number of rotatable bonds is 3. The zero-order valence-electron chi connectivity index (χ0n) is 24.8. The molecule has 0 bridgehead atoms. The van der Waals surface area contributed by atoms with Crippen LogP contribution in [-0.4, -0.2) is 40.0 Å². The Kier molecular flexibility index (Phi) is 7.77. The number of aryl methyl sites for hydroxylation is 2. The van der Waals surface area contributed by atoms with Crippen molar-refractivity contribution >= 4 is 62.6 Å². The summed E-state index contributed by atoms with van der Waals surface area (Å²) in [7, 11) is 1.56. The van der Waals surface area contributed by atoms with Gasteiger partial charge in [-0.05, 0) is 96.5 Å². The quantitative estimate of drug-likeness (QED) is 0.159. The molecule has 41 heavy (non-hydrogen) atoms. The van der Waals surface area contributed by atoms with Crippen LogP contribution in [0.5, 0.6) is 5.75 Å². The van der Waals surface area contributed by atoms with E-state index in [0.29, 0.717) is 42.7 Å². The summed E-state index contributed by atoms with van der Waals surface area (Å²) in [4.78, 5) is 33.3. The first-order valence-corrected chi connectivity index (χ1v) is 14.0. The van der Waals surface area contributed by atoms with Gasteiger partial charge in [-0.3, -0.25) is 4.57 Å². The number of ether oxygens (including phenoxy) is 3. The van der Waals surface area contributed by atoms with E-state index in [1.807, 2.05) is 32.9 Å². The van der Waals surface area contributed by atoms with Crippen LogP contribution in [0.4, 0.5) is 15.4 Å². The molecular formula is C30H33IN4O6. The summed E-state index contributed by atoms with van der Waals surface area (Å²) in [6.07, 6.45) is -0.415. The number of carbonyl (C=O) groups is 2. The predicted molar refractivity (Wildman–Crippen MR) is 164 cm³/mol. The maximum Gasteiger partial charge on any atom is 0.425 e. The summed E-state index contributed by atoms with van der Waals surface area (Å²) in [5.74, 6) is 0.528. The smallest absolute Gasteiger partial charge is 0.425 e. The van der Waals surface area contributed by atoms with Crippen LogP contribution in [0.1, 0.15) is 63.8 Å². The van der Waals surface area contributed by atoms with Crippen molar-refractivity contribution in [2.45, 2.75) is 73.5 Å². The molecule has 4 rings (SSSR count). The number of fused-ring (bicyclic) bond motifs is 3. The molecule has 10 nitrogen and oxygen atoms in total. The minimum atomic E-state index is -1.000. The van der Waals surface area contributed by atoms with Gasteiger partial charge in [0.15, 0.2) is 11.4 Å². The van der Waals surface area contributed by atoms with E-state index in [1.165, 1.54) is 0 Å². The highest BCUT2D eigenvalue weighted by molar-refractivity contribution is 14.1. The summed E-state index contributed by atoms with van der Waals surface area (Å²) < 4.78 is 25.2. The second-order valence-electron chi connectivity index (χ2n) is 11.7. The predicted octanol–water partition coefficient (Wildman–Crippen LogP) is 7.86. The molecule has 4 aromatic rings. The molecule has 0 atom stereocenters. The maximum atomic E-state index is 13.9. The number of nitrogens with zero attached hydrogens (tertiary/aromatic N) is 4. The van der Waals surface area contributed by atoms with Crippen LogP contribution in [0.3, 0.4) is 0 Å². The van der Waals surface area contributed by atoms with E-state index in [2.05, 4.69) is 28.7 Å². The highest BCUT2D eigenvalue weighted by Gasteiger charge is 2.40. The van der Waals surface area contributed by atoms with Crippen molar-refractivity contribution in [3.63, 3.8) is 0 Å². The standard InChI is InChI=1S/C30H33IN4O6/c1-15-11-12-19(38-10)17(3)22(15)34-23-20(25(31)33-21-16(2)14-39-24(21)23)18(13-32)26(34)35(27(36)40-29(4,5)6)28(37)41-30(7,8)9/h11-12,14H,1-10H3. The molecular weight excluding hydrogens is 639 g/mol. The van der Waals surface area contributed by atoms with Gasteiger partial charge in [0.05, 0.1) is 24.4 Å². The van der Waals surface area contributed by atoms with Crippen LogP contribution >= 0.6 is 22.6 Å². The lowest BCUT2D eigenvalue weighted by atomic mass is 10.1. The Balaban J connectivity index is 2.29. The molecule has 11 heteroatoms. The molecule has 0 aliphatic carbocycles. The molecule has 3 aromatic heterocycles. The molecule has 0 radical (unpaired) electrons. The minimum absolute atomic E-state index is 0.0335. The third kappa shape index (κ3) is 5.45. The van der Waals surface area contributed by atoms with Crippen molar-refractivity contribution in [2.75, 3.05) is 12.0 Å². The Bertz CT molecular complexity index is 1720. The fraction of sp³-hybridized carbons (Fsp3) is 0.400. The van der Waals surface area contributed by atoms with Gasteiger partial charge in [-0.15, -0.1) is 0 Å². The van der Waals surface area contributed by atoms with E-state index < -0.39 is 23.4 Å². The monoisotopic (exact) mass is 672 g/mol. The minimum Gasteiger partial charge on any atom is -0.496 e. The first kappa shape index (κ1) is 30.2. The van der Waals surface area contributed by atoms with Crippen molar-refractivity contribution in [3.8, 4) is 17.5 Å². The normalized spacial score (nSPS) is 12.0. The summed E-state index contributed by atoms with van der Waals surface area (Å²) in [6.45, 7) is 15.8. The van der Waals surface area contributed by atoms with Crippen molar-refractivity contribution < 1.29 is 28.2 Å². The number of pyridine rings is 1. The Morgan fingerprint density at radius 2 is 1.61 bits per heavy atom. The number of hydrogen-bond acceptors (Lipinski definition) is 8. The van der Waals surface area contributed by atoms with Crippen LogP contribution in [-0.2, 0) is 9.47 Å². The molecule has 0 saturated carbocycles. The number of amides is 2. The van der Waals surface area contributed by atoms with Crippen molar-refractivity contribution in [1.29, 1.82) is 5.26 Å². The van der Waals surface area contributed by atoms with Gasteiger partial charge in [-0.1, -0.05) is 6.07 Å². The number of furan rings is 1. The molecule has 0 fully saturated rings. The fourth-order valence-corrected chi connectivity index (χ4v) is 5.42. The number of nitriles is 1. The molecule has 0 aliphatic rings. The molecule has 0 unspecified atom stereocenters. The van der Waals surface area contributed by atoms with Crippen LogP contribution in [0.2, 0.25) is 0 Å². The Morgan fingerprint density at radius 1 is 1.02 bits per heavy atom. The Hall–Kier alpha value is -3.79. The zero-order chi connectivity index (χ0) is 30.6. The fourth-order valence-electron chi connectivity index (χ4n) is 4.65. The number of aromatic nitrogens is 2. The number of imide groups is 1. The van der Waals surface area contributed by atoms with Crippen LogP contribution in [0, 0.1) is 35.8 Å². The zero-order valence-corrected chi connectivity index (χ0v) is 27.0. The SMILES string of the molecule is COc1ccc(C)c(-n2c(N(C(=O)OC(C)(C)C)C(=O)OC(C)(C)C)c(C#N)c3c(I)nc4c(C)coc4c32)c1C. The molecule has 216 valence electrons. The van der Waals surface area contributed by atoms with E-state index in [0.717, 1.165) is 16.0 Å². The molecule has 0 spiro atoms. The van der Waals surface area contributed by atoms with Gasteiger partial charge in [0.1, 0.15) is 43.3 Å². The summed E-state index contributed by atoms with van der Waals surface area (Å²) in [6, 6.07) is 5.93. The first-order valence-electron chi connectivity index (χ1n) is 12.9. The summed E-state index contributed by atoms with van der Waals surface area (Å²) >= 11 is 2.06. The number of benzene rings is 1. The van der Waals surface area contributed by atoms with E-state index >= 15 is 0 Å². The Labute approximate surface area is 252 Å². The van der Waals surface area contributed by atoms with Gasteiger partial charge < -0.3 is 18.6 Å². The number of hydrogen-bond donors (Lipinski definition) is 0. The Morgan fingerprint density at radius 3 is 2.12 bits per heavy atom. The molecule has 2 amide bonds. The molecule has 3 heterocycles. The number of anilines is 1. The lowest BCUT2D eigenvalue weighted by Gasteiger charge is -2.30. The summed E-state index contributed by atoms with van der Waals surface area (Å²) in [5.41, 5.74) is 2.49. The van der Waals surface area contributed by atoms with E-state index in [-0.39, 0.29) is 11.4 Å². The second kappa shape index (κ2) is 10.6. The largest absolute Gasteiger partial charge is 0.496 e. The highest BCUT2D eigenvalue weighted by Crippen LogP contribution is 2.44. The van der Waals surface area contributed by atoms with E-state index in [4.69, 9.17) is 23.6 Å². The van der Waals surface area contributed by atoms with E-state index in [9.17, 15) is 14.9 Å². The van der Waals surface area contributed by atoms with Gasteiger partial charge in [-0.2, -0.15) is 10.2 Å². The average Bonchev–Trinajstić information content (AvgIpc) is 3.35. The molecule has 1 aromatic carbocycles. The van der Waals surface area contributed by atoms with Crippen molar-refractivity contribution in [3.05, 3.63) is 44.4 Å². The number of methoxy groups -OCH3 is 1. The molecule has 0 N–H and O–H groups in total. The lowest BCUT2D eigenvalue weighted by Crippen LogP contribution is -2.45. The maximum absolute atomic E-state index is 13.9. The third-order valence-electron chi connectivity index (χ3n) is 6.22. The molecule has 0 aliphatic heterocycles. The first-order chi connectivity index (χ1) is 19.0. The third-order valence-corrected chi connectivity index (χ3v) is 7.00. The van der Waals surface area contributed by atoms with Crippen LogP contribution in [0.25, 0.3) is 27.7 Å². The average molecular weight is 673 g/mol. The van der Waals surface area contributed by atoms with Crippen molar-refractivity contribution in [1.82, 2.24) is 9.55 Å². The number of carbonyl (C=O) groups excluding carboxylic acids is 2. The van der Waals surface area contributed by atoms with Gasteiger partial charge >= 0.3 is 12.2 Å². The van der Waals surface area contributed by atoms with Crippen molar-refractivity contribution in [2.24, 2.45) is 0 Å². The summed E-state index contributed by atoms with van der Waals surface area (Å²) in [5, 5.41) is 11.0. The van der Waals surface area contributed by atoms with Crippen LogP contribution < -0.4 is 9.64 Å². The van der Waals surface area contributed by atoms with Gasteiger partial charge in [-0.25, -0.2) is 14.6 Å². The topological polar surface area (TPSA) is 120 Å². The number of halogens is 1. The van der Waals surface area contributed by atoms with E-state index in [1.54, 1.807) is 59.5 Å². The van der Waals surface area contributed by atoms with Gasteiger partial charge in [0, 0.05) is 11.1 Å². The lowest BCUT2D eigenvalue weighted by molar-refractivity contribution is 0.0428. The van der Waals surface area contributed by atoms with Crippen LogP contribution in [0.15, 0.2) is 22.8 Å². The van der Waals surface area contributed by atoms with Gasteiger partial charge in [0.25, 0.3) is 0 Å². The highest BCUT2D eigenvalue weighted by atomic mass is 127. The second-order valence-corrected chi connectivity index (χ2v) is 12.7. The van der Waals surface area contributed by atoms with Gasteiger partial charge in [0.2, 0.25) is 0 Å². The molecule has 0 saturated heterocycles.